The Bertz CT molecular complexity index is 915. The van der Waals surface area contributed by atoms with Crippen LogP contribution in [0.25, 0.3) is 16.8 Å². The average molecular weight is 318 g/mol. The van der Waals surface area contributed by atoms with Gasteiger partial charge in [0.05, 0.1) is 11.9 Å². The molecule has 1 aliphatic rings. The number of benzene rings is 1. The molecule has 120 valence electrons. The van der Waals surface area contributed by atoms with Gasteiger partial charge in [0.25, 0.3) is 0 Å². The second-order valence-electron chi connectivity index (χ2n) is 6.34. The van der Waals surface area contributed by atoms with Crippen LogP contribution in [0.3, 0.4) is 0 Å². The molecule has 24 heavy (non-hydrogen) atoms. The highest BCUT2D eigenvalue weighted by Gasteiger charge is 2.24. The Morgan fingerprint density at radius 1 is 1.08 bits per heavy atom. The standard InChI is InChI=1S/C19H18N4O/c20-10-15-11-22-23-18(14-4-2-1-3-5-14)17(12-21-19(15)23)13-6-8-16(24)9-7-13/h6-9,11-12,14,24H,1-5H2. The highest BCUT2D eigenvalue weighted by Crippen LogP contribution is 2.38. The summed E-state index contributed by atoms with van der Waals surface area (Å²) in [6, 6.07) is 9.35. The third kappa shape index (κ3) is 2.41. The van der Waals surface area contributed by atoms with Gasteiger partial charge < -0.3 is 5.11 Å². The van der Waals surface area contributed by atoms with Gasteiger partial charge in [0.2, 0.25) is 0 Å². The zero-order valence-corrected chi connectivity index (χ0v) is 13.3. The number of aromatic nitrogens is 3. The van der Waals surface area contributed by atoms with Crippen LogP contribution in [0.5, 0.6) is 5.75 Å². The second-order valence-corrected chi connectivity index (χ2v) is 6.34. The van der Waals surface area contributed by atoms with Gasteiger partial charge in [-0.1, -0.05) is 31.4 Å². The van der Waals surface area contributed by atoms with Crippen LogP contribution in [0.1, 0.15) is 49.3 Å². The first-order valence-corrected chi connectivity index (χ1v) is 8.34. The van der Waals surface area contributed by atoms with E-state index in [1.165, 1.54) is 19.3 Å². The molecule has 0 amide bonds. The van der Waals surface area contributed by atoms with Crippen molar-refractivity contribution < 1.29 is 5.11 Å². The van der Waals surface area contributed by atoms with Gasteiger partial charge in [-0.3, -0.25) is 0 Å². The van der Waals surface area contributed by atoms with Crippen molar-refractivity contribution in [3.8, 4) is 22.9 Å². The summed E-state index contributed by atoms with van der Waals surface area (Å²) in [6.45, 7) is 0. The quantitative estimate of drug-likeness (QED) is 0.774. The predicted molar refractivity (Wildman–Crippen MR) is 90.6 cm³/mol. The van der Waals surface area contributed by atoms with Crippen molar-refractivity contribution in [3.63, 3.8) is 0 Å². The molecule has 1 aromatic carbocycles. The molecule has 2 aromatic heterocycles. The van der Waals surface area contributed by atoms with E-state index in [0.717, 1.165) is 29.7 Å². The third-order valence-electron chi connectivity index (χ3n) is 4.85. The molecule has 5 nitrogen and oxygen atoms in total. The lowest BCUT2D eigenvalue weighted by Gasteiger charge is -2.24. The van der Waals surface area contributed by atoms with Crippen molar-refractivity contribution in [2.24, 2.45) is 0 Å². The maximum Gasteiger partial charge on any atom is 0.173 e. The molecule has 1 aliphatic carbocycles. The van der Waals surface area contributed by atoms with E-state index in [1.54, 1.807) is 18.3 Å². The fraction of sp³-hybridized carbons (Fsp3) is 0.316. The van der Waals surface area contributed by atoms with Gasteiger partial charge in [-0.05, 0) is 30.5 Å². The number of aromatic hydroxyl groups is 1. The predicted octanol–water partition coefficient (Wildman–Crippen LogP) is 4.02. The summed E-state index contributed by atoms with van der Waals surface area (Å²) in [5, 5.41) is 23.3. The van der Waals surface area contributed by atoms with E-state index in [9.17, 15) is 10.4 Å². The van der Waals surface area contributed by atoms with Crippen LogP contribution < -0.4 is 0 Å². The van der Waals surface area contributed by atoms with Gasteiger partial charge in [0.15, 0.2) is 5.65 Å². The minimum Gasteiger partial charge on any atom is -0.508 e. The van der Waals surface area contributed by atoms with Crippen molar-refractivity contribution in [2.45, 2.75) is 38.0 Å². The van der Waals surface area contributed by atoms with Crippen LogP contribution in [0.4, 0.5) is 0 Å². The molecular formula is C19H18N4O. The van der Waals surface area contributed by atoms with E-state index < -0.39 is 0 Å². The minimum absolute atomic E-state index is 0.248. The molecule has 1 fully saturated rings. The van der Waals surface area contributed by atoms with Crippen LogP contribution in [0.15, 0.2) is 36.7 Å². The first-order valence-electron chi connectivity index (χ1n) is 8.34. The van der Waals surface area contributed by atoms with E-state index >= 15 is 0 Å². The van der Waals surface area contributed by atoms with Crippen molar-refractivity contribution in [2.75, 3.05) is 0 Å². The molecule has 0 radical (unpaired) electrons. The summed E-state index contributed by atoms with van der Waals surface area (Å²) < 4.78 is 1.84. The van der Waals surface area contributed by atoms with Crippen LogP contribution in [-0.4, -0.2) is 19.7 Å². The fourth-order valence-electron chi connectivity index (χ4n) is 3.66. The Balaban J connectivity index is 1.95. The lowest BCUT2D eigenvalue weighted by molar-refractivity contribution is 0.431. The van der Waals surface area contributed by atoms with Crippen LogP contribution in [0, 0.1) is 11.3 Å². The Labute approximate surface area is 140 Å². The Kier molecular flexibility index (Phi) is 3.66. The number of hydrogen-bond donors (Lipinski definition) is 1. The topological polar surface area (TPSA) is 74.2 Å². The lowest BCUT2D eigenvalue weighted by Crippen LogP contribution is -2.12. The second kappa shape index (κ2) is 5.97. The van der Waals surface area contributed by atoms with Crippen LogP contribution >= 0.6 is 0 Å². The number of nitriles is 1. The normalized spacial score (nSPS) is 15.5. The first kappa shape index (κ1) is 14.7. The summed E-state index contributed by atoms with van der Waals surface area (Å²) in [4.78, 5) is 4.48. The van der Waals surface area contributed by atoms with Gasteiger partial charge in [0, 0.05) is 17.7 Å². The van der Waals surface area contributed by atoms with E-state index in [2.05, 4.69) is 16.2 Å². The van der Waals surface area contributed by atoms with Gasteiger partial charge >= 0.3 is 0 Å². The molecular weight excluding hydrogens is 300 g/mol. The number of phenolic OH excluding ortho intramolecular Hbond substituents is 1. The van der Waals surface area contributed by atoms with Gasteiger partial charge in [-0.25, -0.2) is 9.50 Å². The molecule has 3 aromatic rings. The Hall–Kier alpha value is -2.87. The lowest BCUT2D eigenvalue weighted by atomic mass is 9.84. The van der Waals surface area contributed by atoms with E-state index in [1.807, 2.05) is 22.8 Å². The Morgan fingerprint density at radius 2 is 1.83 bits per heavy atom. The summed E-state index contributed by atoms with van der Waals surface area (Å²) >= 11 is 0. The van der Waals surface area contributed by atoms with E-state index in [0.29, 0.717) is 17.1 Å². The smallest absolute Gasteiger partial charge is 0.173 e. The minimum atomic E-state index is 0.248. The maximum absolute atomic E-state index is 9.56. The molecule has 0 unspecified atom stereocenters. The maximum atomic E-state index is 9.56. The SMILES string of the molecule is N#Cc1cnn2c(C3CCCCC3)c(-c3ccc(O)cc3)cnc12. The molecule has 1 N–H and O–H groups in total. The number of rotatable bonds is 2. The van der Waals surface area contributed by atoms with Crippen molar-refractivity contribution in [3.05, 3.63) is 47.9 Å². The van der Waals surface area contributed by atoms with Gasteiger partial charge in [0.1, 0.15) is 17.4 Å². The molecule has 2 heterocycles. The monoisotopic (exact) mass is 318 g/mol. The zero-order valence-electron chi connectivity index (χ0n) is 13.3. The number of hydrogen-bond acceptors (Lipinski definition) is 4. The third-order valence-corrected chi connectivity index (χ3v) is 4.85. The molecule has 0 atom stereocenters. The molecule has 0 aliphatic heterocycles. The zero-order chi connectivity index (χ0) is 16.5. The summed E-state index contributed by atoms with van der Waals surface area (Å²) in [5.74, 6) is 0.664. The number of phenols is 1. The molecule has 0 saturated heterocycles. The van der Waals surface area contributed by atoms with Gasteiger partial charge in [-0.2, -0.15) is 10.4 Å². The van der Waals surface area contributed by atoms with Crippen LogP contribution in [-0.2, 0) is 0 Å². The van der Waals surface area contributed by atoms with Crippen LogP contribution in [0.2, 0.25) is 0 Å². The fourth-order valence-corrected chi connectivity index (χ4v) is 3.66. The average Bonchev–Trinajstić information content (AvgIpc) is 3.05. The summed E-state index contributed by atoms with van der Waals surface area (Å²) in [5.41, 5.74) is 4.30. The molecule has 0 spiro atoms. The van der Waals surface area contributed by atoms with Crippen molar-refractivity contribution in [1.82, 2.24) is 14.6 Å². The van der Waals surface area contributed by atoms with Crippen molar-refractivity contribution in [1.29, 1.82) is 5.26 Å². The molecule has 4 rings (SSSR count). The van der Waals surface area contributed by atoms with E-state index in [4.69, 9.17) is 0 Å². The first-order chi connectivity index (χ1) is 11.8. The summed E-state index contributed by atoms with van der Waals surface area (Å²) in [7, 11) is 0. The molecule has 5 heteroatoms. The summed E-state index contributed by atoms with van der Waals surface area (Å²) in [6.07, 6.45) is 9.41. The Morgan fingerprint density at radius 3 is 2.54 bits per heavy atom. The number of fused-ring (bicyclic) bond motifs is 1. The van der Waals surface area contributed by atoms with Crippen molar-refractivity contribution >= 4 is 5.65 Å². The highest BCUT2D eigenvalue weighted by atomic mass is 16.3. The largest absolute Gasteiger partial charge is 0.508 e. The molecule has 1 saturated carbocycles. The molecule has 0 bridgehead atoms. The van der Waals surface area contributed by atoms with E-state index in [-0.39, 0.29) is 5.75 Å². The van der Waals surface area contributed by atoms with Gasteiger partial charge in [-0.15, -0.1) is 0 Å². The highest BCUT2D eigenvalue weighted by molar-refractivity contribution is 5.69. The number of nitrogens with zero attached hydrogens (tertiary/aromatic N) is 4.